The third-order valence-corrected chi connectivity index (χ3v) is 2.53. The number of nitrogens with zero attached hydrogens (tertiary/aromatic N) is 1. The Balaban J connectivity index is 2.01. The van der Waals surface area contributed by atoms with Crippen molar-refractivity contribution in [1.29, 1.82) is 0 Å². The van der Waals surface area contributed by atoms with Gasteiger partial charge >= 0.3 is 6.18 Å². The van der Waals surface area contributed by atoms with Crippen LogP contribution >= 0.6 is 0 Å². The lowest BCUT2D eigenvalue weighted by Crippen LogP contribution is -2.27. The number of nitrogens with one attached hydrogen (secondary N) is 2. The summed E-state index contributed by atoms with van der Waals surface area (Å²) < 4.78 is 37.8. The Labute approximate surface area is 107 Å². The fourth-order valence-electron chi connectivity index (χ4n) is 1.69. The molecule has 0 unspecified atom stereocenters. The molecule has 0 radical (unpaired) electrons. The van der Waals surface area contributed by atoms with Gasteiger partial charge in [-0.15, -0.1) is 0 Å². The summed E-state index contributed by atoms with van der Waals surface area (Å²) in [4.78, 5) is 14.6. The normalized spacial score (nSPS) is 11.5. The van der Waals surface area contributed by atoms with Crippen LogP contribution < -0.4 is 5.32 Å². The summed E-state index contributed by atoms with van der Waals surface area (Å²) in [5.74, 6) is -0.532. The predicted molar refractivity (Wildman–Crippen MR) is 62.4 cm³/mol. The van der Waals surface area contributed by atoms with Gasteiger partial charge in [0.25, 0.3) is 5.91 Å². The molecule has 0 aliphatic carbocycles. The molecule has 2 heterocycles. The summed E-state index contributed by atoms with van der Waals surface area (Å²) >= 11 is 0. The number of aromatic amines is 1. The van der Waals surface area contributed by atoms with Crippen LogP contribution in [0.4, 0.5) is 13.2 Å². The molecule has 0 aliphatic rings. The summed E-state index contributed by atoms with van der Waals surface area (Å²) in [6.45, 7) is -0.910. The van der Waals surface area contributed by atoms with Crippen LogP contribution in [-0.4, -0.2) is 21.6 Å². The van der Waals surface area contributed by atoms with E-state index in [0.717, 1.165) is 10.1 Å². The number of carbonyl (C=O) groups excluding carboxylic acids is 1. The van der Waals surface area contributed by atoms with Crippen molar-refractivity contribution in [3.05, 3.63) is 48.0 Å². The molecular formula is C12H12F3N3O. The van der Waals surface area contributed by atoms with E-state index in [1.54, 1.807) is 18.5 Å². The Morgan fingerprint density at radius 3 is 2.79 bits per heavy atom. The maximum absolute atomic E-state index is 12.3. The van der Waals surface area contributed by atoms with Crippen molar-refractivity contribution in [2.24, 2.45) is 0 Å². The zero-order chi connectivity index (χ0) is 13.9. The Bertz CT molecular complexity index is 543. The molecule has 2 N–H and O–H groups in total. The third-order valence-electron chi connectivity index (χ3n) is 2.53. The van der Waals surface area contributed by atoms with Crippen molar-refractivity contribution in [1.82, 2.24) is 14.9 Å². The first-order valence-corrected chi connectivity index (χ1v) is 5.57. The van der Waals surface area contributed by atoms with Crippen molar-refractivity contribution < 1.29 is 18.0 Å². The zero-order valence-corrected chi connectivity index (χ0v) is 9.87. The largest absolute Gasteiger partial charge is 0.406 e. The minimum atomic E-state index is -4.35. The third kappa shape index (κ3) is 3.64. The van der Waals surface area contributed by atoms with E-state index in [-0.39, 0.29) is 12.2 Å². The smallest absolute Gasteiger partial charge is 0.367 e. The molecule has 102 valence electrons. The highest BCUT2D eigenvalue weighted by Gasteiger charge is 2.29. The lowest BCUT2D eigenvalue weighted by molar-refractivity contribution is -0.140. The summed E-state index contributed by atoms with van der Waals surface area (Å²) in [7, 11) is 0. The van der Waals surface area contributed by atoms with Crippen LogP contribution in [0.1, 0.15) is 16.1 Å². The zero-order valence-electron chi connectivity index (χ0n) is 9.87. The Kier molecular flexibility index (Phi) is 3.64. The highest BCUT2D eigenvalue weighted by atomic mass is 19.4. The van der Waals surface area contributed by atoms with Gasteiger partial charge in [0.2, 0.25) is 0 Å². The average Bonchev–Trinajstić information content (AvgIpc) is 2.94. The van der Waals surface area contributed by atoms with Gasteiger partial charge in [-0.3, -0.25) is 4.79 Å². The predicted octanol–water partition coefficient (Wildman–Crippen LogP) is 2.31. The van der Waals surface area contributed by atoms with Gasteiger partial charge in [0, 0.05) is 25.1 Å². The van der Waals surface area contributed by atoms with E-state index in [9.17, 15) is 18.0 Å². The van der Waals surface area contributed by atoms with Crippen LogP contribution in [0.3, 0.4) is 0 Å². The molecule has 0 fully saturated rings. The molecule has 0 aromatic carbocycles. The van der Waals surface area contributed by atoms with Crippen molar-refractivity contribution in [3.8, 4) is 0 Å². The number of rotatable bonds is 4. The summed E-state index contributed by atoms with van der Waals surface area (Å²) in [5.41, 5.74) is 0.843. The van der Waals surface area contributed by atoms with Crippen LogP contribution in [-0.2, 0) is 13.1 Å². The molecule has 0 atom stereocenters. The topological polar surface area (TPSA) is 49.8 Å². The molecular weight excluding hydrogens is 259 g/mol. The minimum Gasteiger partial charge on any atom is -0.367 e. The van der Waals surface area contributed by atoms with Gasteiger partial charge < -0.3 is 14.9 Å². The number of amides is 1. The first kappa shape index (κ1) is 13.3. The maximum atomic E-state index is 12.3. The number of hydrogen-bond donors (Lipinski definition) is 2. The van der Waals surface area contributed by atoms with Crippen LogP contribution in [0.5, 0.6) is 0 Å². The van der Waals surface area contributed by atoms with Gasteiger partial charge in [-0.1, -0.05) is 0 Å². The standard InChI is InChI=1S/C12H12F3N3O/c13-12(14,15)8-18-5-1-2-10(18)11(19)17-7-9-3-4-16-6-9/h1-6,16H,7-8H2,(H,17,19). The first-order chi connectivity index (χ1) is 8.96. The molecule has 0 spiro atoms. The van der Waals surface area contributed by atoms with Crippen molar-refractivity contribution in [2.45, 2.75) is 19.3 Å². The molecule has 0 aliphatic heterocycles. The number of H-pyrrole nitrogens is 1. The minimum absolute atomic E-state index is 0.00661. The van der Waals surface area contributed by atoms with Crippen molar-refractivity contribution in [2.75, 3.05) is 0 Å². The van der Waals surface area contributed by atoms with Gasteiger partial charge in [-0.05, 0) is 23.8 Å². The first-order valence-electron chi connectivity index (χ1n) is 5.57. The van der Waals surface area contributed by atoms with E-state index in [2.05, 4.69) is 10.3 Å². The molecule has 2 aromatic rings. The molecule has 19 heavy (non-hydrogen) atoms. The van der Waals surface area contributed by atoms with Crippen LogP contribution in [0.25, 0.3) is 0 Å². The Morgan fingerprint density at radius 2 is 2.16 bits per heavy atom. The summed E-state index contributed by atoms with van der Waals surface area (Å²) in [6, 6.07) is 4.55. The highest BCUT2D eigenvalue weighted by molar-refractivity contribution is 5.92. The van der Waals surface area contributed by atoms with Crippen LogP contribution in [0.15, 0.2) is 36.8 Å². The molecule has 1 amide bonds. The monoisotopic (exact) mass is 271 g/mol. The molecule has 2 rings (SSSR count). The number of aromatic nitrogens is 2. The fourth-order valence-corrected chi connectivity index (χ4v) is 1.69. The van der Waals surface area contributed by atoms with Gasteiger partial charge in [0.15, 0.2) is 0 Å². The second-order valence-corrected chi connectivity index (χ2v) is 4.04. The number of alkyl halides is 3. The highest BCUT2D eigenvalue weighted by Crippen LogP contribution is 2.19. The molecule has 4 nitrogen and oxygen atoms in total. The van der Waals surface area contributed by atoms with Crippen molar-refractivity contribution in [3.63, 3.8) is 0 Å². The molecule has 0 saturated carbocycles. The van der Waals surface area contributed by atoms with Gasteiger partial charge in [-0.25, -0.2) is 0 Å². The maximum Gasteiger partial charge on any atom is 0.406 e. The second kappa shape index (κ2) is 5.21. The van der Waals surface area contributed by atoms with E-state index < -0.39 is 18.6 Å². The lowest BCUT2D eigenvalue weighted by Gasteiger charge is -2.11. The Hall–Kier alpha value is -2.18. The quantitative estimate of drug-likeness (QED) is 0.880. The fraction of sp³-hybridized carbons (Fsp3) is 0.250. The van der Waals surface area contributed by atoms with E-state index in [4.69, 9.17) is 0 Å². The molecule has 0 saturated heterocycles. The van der Waals surface area contributed by atoms with Gasteiger partial charge in [0.1, 0.15) is 12.2 Å². The lowest BCUT2D eigenvalue weighted by atomic mass is 10.3. The Morgan fingerprint density at radius 1 is 1.37 bits per heavy atom. The molecule has 7 heteroatoms. The number of halogens is 3. The van der Waals surface area contributed by atoms with E-state index in [1.165, 1.54) is 18.3 Å². The van der Waals surface area contributed by atoms with E-state index in [0.29, 0.717) is 0 Å². The molecule has 2 aromatic heterocycles. The summed E-state index contributed by atoms with van der Waals surface area (Å²) in [6.07, 6.45) is 0.288. The molecule has 0 bridgehead atoms. The number of carbonyl (C=O) groups is 1. The SMILES string of the molecule is O=C(NCc1cc[nH]c1)c1cccn1CC(F)(F)F. The van der Waals surface area contributed by atoms with E-state index >= 15 is 0 Å². The van der Waals surface area contributed by atoms with Crippen LogP contribution in [0.2, 0.25) is 0 Å². The van der Waals surface area contributed by atoms with Crippen molar-refractivity contribution >= 4 is 5.91 Å². The van der Waals surface area contributed by atoms with Crippen LogP contribution in [0, 0.1) is 0 Å². The van der Waals surface area contributed by atoms with E-state index in [1.807, 2.05) is 0 Å². The van der Waals surface area contributed by atoms with Gasteiger partial charge in [0.05, 0.1) is 0 Å². The number of hydrogen-bond acceptors (Lipinski definition) is 1. The van der Waals surface area contributed by atoms with Gasteiger partial charge in [-0.2, -0.15) is 13.2 Å². The second-order valence-electron chi connectivity index (χ2n) is 4.04. The summed E-state index contributed by atoms with van der Waals surface area (Å²) in [5, 5.41) is 2.57. The average molecular weight is 271 g/mol.